The molecule has 0 aliphatic heterocycles. The maximum atomic E-state index is 12.1. The first-order chi connectivity index (χ1) is 11.1. The topological polar surface area (TPSA) is 95.5 Å². The third-order valence-electron chi connectivity index (χ3n) is 4.95. The van der Waals surface area contributed by atoms with E-state index in [2.05, 4.69) is 24.5 Å². The Labute approximate surface area is 144 Å². The minimum Gasteiger partial charge on any atom is -0.480 e. The summed E-state index contributed by atoms with van der Waals surface area (Å²) < 4.78 is 0. The lowest BCUT2D eigenvalue weighted by Crippen LogP contribution is -2.46. The van der Waals surface area contributed by atoms with Gasteiger partial charge in [-0.25, -0.2) is 4.79 Å². The van der Waals surface area contributed by atoms with Crippen LogP contribution in [0.2, 0.25) is 0 Å². The quantitative estimate of drug-likeness (QED) is 0.632. The molecule has 0 aromatic rings. The van der Waals surface area contributed by atoms with Gasteiger partial charge in [0.25, 0.3) is 0 Å². The Hall–Kier alpha value is -1.59. The van der Waals surface area contributed by atoms with Gasteiger partial charge in [-0.15, -0.1) is 0 Å². The predicted octanol–water partition coefficient (Wildman–Crippen LogP) is 2.32. The summed E-state index contributed by atoms with van der Waals surface area (Å²) in [5.41, 5.74) is 0.156. The van der Waals surface area contributed by atoms with Gasteiger partial charge < -0.3 is 15.7 Å². The van der Waals surface area contributed by atoms with Crippen LogP contribution in [0.15, 0.2) is 0 Å². The zero-order chi connectivity index (χ0) is 18.3. The van der Waals surface area contributed by atoms with Crippen LogP contribution >= 0.6 is 0 Å². The maximum Gasteiger partial charge on any atom is 0.326 e. The molecule has 0 saturated heterocycles. The minimum atomic E-state index is -1.05. The lowest BCUT2D eigenvalue weighted by atomic mass is 9.67. The van der Waals surface area contributed by atoms with Crippen LogP contribution in [0.4, 0.5) is 0 Å². The molecule has 1 rings (SSSR count). The number of carbonyl (C=O) groups is 3. The lowest BCUT2D eigenvalue weighted by Gasteiger charge is -2.38. The first-order valence-corrected chi connectivity index (χ1v) is 8.90. The van der Waals surface area contributed by atoms with Gasteiger partial charge in [0.2, 0.25) is 11.8 Å². The van der Waals surface area contributed by atoms with Crippen molar-refractivity contribution < 1.29 is 19.5 Å². The summed E-state index contributed by atoms with van der Waals surface area (Å²) in [5, 5.41) is 14.2. The van der Waals surface area contributed by atoms with E-state index in [0.29, 0.717) is 18.8 Å². The summed E-state index contributed by atoms with van der Waals surface area (Å²) in [6, 6.07) is -0.910. The monoisotopic (exact) mass is 340 g/mol. The van der Waals surface area contributed by atoms with Crippen molar-refractivity contribution in [2.75, 3.05) is 6.54 Å². The standard InChI is InChI=1S/C18H32N2O4/c1-12(2)9-14(17(23)24)20-16(22)11-19-15(21)10-13-7-5-6-8-18(13,3)4/h12-14H,5-11H2,1-4H3,(H,19,21)(H,20,22)(H,23,24)/t13?,14-/m0/s1. The summed E-state index contributed by atoms with van der Waals surface area (Å²) in [4.78, 5) is 35.1. The van der Waals surface area contributed by atoms with Crippen molar-refractivity contribution in [2.24, 2.45) is 17.3 Å². The number of carboxylic acids is 1. The molecular weight excluding hydrogens is 308 g/mol. The highest BCUT2D eigenvalue weighted by Gasteiger charge is 2.33. The number of carboxylic acid groups (broad SMARTS) is 1. The number of hydrogen-bond donors (Lipinski definition) is 3. The molecule has 3 N–H and O–H groups in total. The molecule has 1 aliphatic carbocycles. The van der Waals surface area contributed by atoms with E-state index in [9.17, 15) is 14.4 Å². The SMILES string of the molecule is CC(C)C[C@H](NC(=O)CNC(=O)CC1CCCCC1(C)C)C(=O)O. The molecule has 1 aliphatic rings. The van der Waals surface area contributed by atoms with Crippen molar-refractivity contribution in [3.05, 3.63) is 0 Å². The molecule has 6 nitrogen and oxygen atoms in total. The average molecular weight is 340 g/mol. The van der Waals surface area contributed by atoms with E-state index >= 15 is 0 Å². The second-order valence-corrected chi connectivity index (χ2v) is 8.00. The Morgan fingerprint density at radius 2 is 1.83 bits per heavy atom. The van der Waals surface area contributed by atoms with Crippen LogP contribution in [0, 0.1) is 17.3 Å². The molecule has 1 unspecified atom stereocenters. The van der Waals surface area contributed by atoms with E-state index in [0.717, 1.165) is 19.3 Å². The lowest BCUT2D eigenvalue weighted by molar-refractivity contribution is -0.142. The number of hydrogen-bond acceptors (Lipinski definition) is 3. The number of carbonyl (C=O) groups excluding carboxylic acids is 2. The molecule has 2 atom stereocenters. The summed E-state index contributed by atoms with van der Waals surface area (Å²) in [7, 11) is 0. The van der Waals surface area contributed by atoms with E-state index in [1.807, 2.05) is 13.8 Å². The van der Waals surface area contributed by atoms with Gasteiger partial charge in [-0.3, -0.25) is 9.59 Å². The molecule has 24 heavy (non-hydrogen) atoms. The minimum absolute atomic E-state index is 0.138. The van der Waals surface area contributed by atoms with Crippen molar-refractivity contribution in [1.82, 2.24) is 10.6 Å². The van der Waals surface area contributed by atoms with Crippen molar-refractivity contribution in [2.45, 2.75) is 72.3 Å². The molecule has 0 radical (unpaired) electrons. The van der Waals surface area contributed by atoms with Crippen molar-refractivity contribution in [3.8, 4) is 0 Å². The second-order valence-electron chi connectivity index (χ2n) is 8.00. The van der Waals surface area contributed by atoms with Crippen LogP contribution < -0.4 is 10.6 Å². The van der Waals surface area contributed by atoms with Gasteiger partial charge in [0.15, 0.2) is 0 Å². The van der Waals surface area contributed by atoms with Crippen LogP contribution in [0.25, 0.3) is 0 Å². The van der Waals surface area contributed by atoms with Crippen molar-refractivity contribution in [3.63, 3.8) is 0 Å². The normalized spacial score (nSPS) is 21.1. The smallest absolute Gasteiger partial charge is 0.326 e. The van der Waals surface area contributed by atoms with Crippen LogP contribution in [0.3, 0.4) is 0 Å². The number of amides is 2. The van der Waals surface area contributed by atoms with Crippen LogP contribution in [0.5, 0.6) is 0 Å². The Morgan fingerprint density at radius 3 is 2.38 bits per heavy atom. The van der Waals surface area contributed by atoms with Crippen molar-refractivity contribution in [1.29, 1.82) is 0 Å². The van der Waals surface area contributed by atoms with Gasteiger partial charge >= 0.3 is 5.97 Å². The molecule has 138 valence electrons. The fourth-order valence-electron chi connectivity index (χ4n) is 3.36. The summed E-state index contributed by atoms with van der Waals surface area (Å²) in [6.07, 6.45) is 5.32. The number of nitrogens with one attached hydrogen (secondary N) is 2. The third kappa shape index (κ3) is 6.89. The highest BCUT2D eigenvalue weighted by atomic mass is 16.4. The van der Waals surface area contributed by atoms with E-state index in [1.54, 1.807) is 0 Å². The zero-order valence-corrected chi connectivity index (χ0v) is 15.4. The first kappa shape index (κ1) is 20.5. The fraction of sp³-hybridized carbons (Fsp3) is 0.833. The summed E-state index contributed by atoms with van der Waals surface area (Å²) in [5.74, 6) is -1.15. The Bertz CT molecular complexity index is 460. The number of aliphatic carboxylic acids is 1. The predicted molar refractivity (Wildman–Crippen MR) is 92.4 cm³/mol. The molecule has 1 saturated carbocycles. The van der Waals surface area contributed by atoms with Gasteiger partial charge in [0, 0.05) is 6.42 Å². The highest BCUT2D eigenvalue weighted by Crippen LogP contribution is 2.42. The van der Waals surface area contributed by atoms with Gasteiger partial charge in [0.05, 0.1) is 6.54 Å². The Kier molecular flexibility index (Phi) is 7.70. The maximum absolute atomic E-state index is 12.1. The van der Waals surface area contributed by atoms with Crippen molar-refractivity contribution >= 4 is 17.8 Å². The largest absolute Gasteiger partial charge is 0.480 e. The van der Waals surface area contributed by atoms with E-state index in [1.165, 1.54) is 6.42 Å². The summed E-state index contributed by atoms with van der Waals surface area (Å²) in [6.45, 7) is 8.01. The molecule has 1 fully saturated rings. The molecular formula is C18H32N2O4. The zero-order valence-electron chi connectivity index (χ0n) is 15.4. The second kappa shape index (κ2) is 9.04. The van der Waals surface area contributed by atoms with E-state index in [4.69, 9.17) is 5.11 Å². The van der Waals surface area contributed by atoms with Gasteiger partial charge in [-0.05, 0) is 36.5 Å². The fourth-order valence-corrected chi connectivity index (χ4v) is 3.36. The first-order valence-electron chi connectivity index (χ1n) is 8.90. The van der Waals surface area contributed by atoms with Crippen LogP contribution in [-0.4, -0.2) is 35.5 Å². The molecule has 0 aromatic heterocycles. The van der Waals surface area contributed by atoms with Crippen LogP contribution in [0.1, 0.15) is 66.2 Å². The summed E-state index contributed by atoms with van der Waals surface area (Å²) >= 11 is 0. The Morgan fingerprint density at radius 1 is 1.17 bits per heavy atom. The molecule has 2 amide bonds. The van der Waals surface area contributed by atoms with E-state index < -0.39 is 17.9 Å². The highest BCUT2D eigenvalue weighted by molar-refractivity contribution is 5.87. The molecule has 0 aromatic carbocycles. The molecule has 0 bridgehead atoms. The average Bonchev–Trinajstić information content (AvgIpc) is 2.46. The van der Waals surface area contributed by atoms with Gasteiger partial charge in [0.1, 0.15) is 6.04 Å². The third-order valence-corrected chi connectivity index (χ3v) is 4.95. The van der Waals surface area contributed by atoms with Gasteiger partial charge in [-0.1, -0.05) is 40.5 Å². The van der Waals surface area contributed by atoms with Crippen LogP contribution in [-0.2, 0) is 14.4 Å². The molecule has 0 spiro atoms. The number of rotatable bonds is 8. The van der Waals surface area contributed by atoms with E-state index in [-0.39, 0.29) is 23.8 Å². The van der Waals surface area contributed by atoms with Gasteiger partial charge in [-0.2, -0.15) is 0 Å². The Balaban J connectivity index is 2.40. The molecule has 6 heteroatoms. The molecule has 0 heterocycles.